The number of aromatic nitrogens is 3. The van der Waals surface area contributed by atoms with Crippen LogP contribution in [0, 0.1) is 0 Å². The van der Waals surface area contributed by atoms with Crippen molar-refractivity contribution >= 4 is 29.4 Å². The van der Waals surface area contributed by atoms with Gasteiger partial charge in [0.2, 0.25) is 30.5 Å². The lowest BCUT2D eigenvalue weighted by molar-refractivity contribution is -0.120. The lowest BCUT2D eigenvalue weighted by Crippen LogP contribution is -2.29. The van der Waals surface area contributed by atoms with Crippen molar-refractivity contribution in [3.63, 3.8) is 0 Å². The van der Waals surface area contributed by atoms with Crippen molar-refractivity contribution < 1.29 is 28.8 Å². The highest BCUT2D eigenvalue weighted by molar-refractivity contribution is 5.78. The zero-order chi connectivity index (χ0) is 31.3. The number of carbonyl (C=O) groups is 1. The summed E-state index contributed by atoms with van der Waals surface area (Å²) < 4.78 is 21.8. The van der Waals surface area contributed by atoms with Crippen molar-refractivity contribution in [2.75, 3.05) is 62.3 Å². The van der Waals surface area contributed by atoms with Gasteiger partial charge in [0.1, 0.15) is 0 Å². The first kappa shape index (κ1) is 32.2. The molecule has 0 atom stereocenters. The lowest BCUT2D eigenvalue weighted by Gasteiger charge is -2.26. The molecule has 2 aromatic carbocycles. The second kappa shape index (κ2) is 16.7. The van der Waals surface area contributed by atoms with E-state index in [0.717, 1.165) is 42.5 Å². The molecule has 1 saturated carbocycles. The van der Waals surface area contributed by atoms with Crippen LogP contribution in [0.2, 0.25) is 0 Å². The van der Waals surface area contributed by atoms with E-state index in [1.165, 1.54) is 0 Å². The lowest BCUT2D eigenvalue weighted by atomic mass is 9.93. The van der Waals surface area contributed by atoms with Crippen LogP contribution in [0.5, 0.6) is 11.5 Å². The Labute approximate surface area is 262 Å². The average molecular weight is 623 g/mol. The van der Waals surface area contributed by atoms with Gasteiger partial charge >= 0.3 is 0 Å². The fraction of sp³-hybridized carbons (Fsp3) is 0.484. The number of nitrogens with zero attached hydrogens (tertiary/aromatic N) is 3. The molecule has 0 saturated heterocycles. The molecule has 3 aromatic rings. The third-order valence-electron chi connectivity index (χ3n) is 7.36. The number of nitrogens with one attached hydrogen (secondary N) is 4. The predicted octanol–water partition coefficient (Wildman–Crippen LogP) is 2.32. The maximum absolute atomic E-state index is 12.4. The molecule has 5 rings (SSSR count). The van der Waals surface area contributed by atoms with Crippen LogP contribution in [-0.4, -0.2) is 84.4 Å². The number of amides is 1. The number of aliphatic hydroxyl groups is 1. The summed E-state index contributed by atoms with van der Waals surface area (Å²) in [5.74, 6) is 2.53. The van der Waals surface area contributed by atoms with E-state index in [1.807, 2.05) is 42.5 Å². The number of benzene rings is 2. The molecule has 1 aliphatic carbocycles. The highest BCUT2D eigenvalue weighted by Gasteiger charge is 2.21. The van der Waals surface area contributed by atoms with Gasteiger partial charge in [-0.3, -0.25) is 4.79 Å². The molecule has 0 spiro atoms. The number of fused-ring (bicyclic) bond motifs is 1. The van der Waals surface area contributed by atoms with Gasteiger partial charge in [-0.25, -0.2) is 0 Å². The standard InChI is InChI=1S/C31H42N8O6/c32-12-14-42-16-17-43-15-13-33-27(41)18-21-4-6-23(7-5-21)35-30-37-29(34-19-22-2-1-3-26-28(22)45-20-44-26)38-31(39-30)36-24-8-10-25(40)11-9-24/h1-7,24-25,40H,8-20,32H2,(H,33,41)(H3,34,35,36,37,38,39). The summed E-state index contributed by atoms with van der Waals surface area (Å²) in [7, 11) is 0. The minimum absolute atomic E-state index is 0.0844. The zero-order valence-corrected chi connectivity index (χ0v) is 25.3. The first-order valence-electron chi connectivity index (χ1n) is 15.4. The van der Waals surface area contributed by atoms with Gasteiger partial charge in [0.25, 0.3) is 0 Å². The topological polar surface area (TPSA) is 187 Å². The van der Waals surface area contributed by atoms with Crippen molar-refractivity contribution in [3.8, 4) is 11.5 Å². The number of para-hydroxylation sites is 1. The summed E-state index contributed by atoms with van der Waals surface area (Å²) in [6.07, 6.45) is 3.14. The number of aliphatic hydroxyl groups excluding tert-OH is 1. The van der Waals surface area contributed by atoms with Crippen LogP contribution in [0.1, 0.15) is 36.8 Å². The molecule has 2 aliphatic rings. The van der Waals surface area contributed by atoms with E-state index in [9.17, 15) is 9.90 Å². The SMILES string of the molecule is NCCOCCOCCNC(=O)Cc1ccc(Nc2nc(NCc3cccc4c3OCO4)nc(NC3CCC(O)CC3)n2)cc1. The number of rotatable bonds is 17. The fourth-order valence-electron chi connectivity index (χ4n) is 5.03. The van der Waals surface area contributed by atoms with Crippen LogP contribution in [-0.2, 0) is 27.2 Å². The molecule has 45 heavy (non-hydrogen) atoms. The van der Waals surface area contributed by atoms with Crippen molar-refractivity contribution in [1.82, 2.24) is 20.3 Å². The fourth-order valence-corrected chi connectivity index (χ4v) is 5.03. The maximum Gasteiger partial charge on any atom is 0.233 e. The van der Waals surface area contributed by atoms with Gasteiger partial charge in [0, 0.05) is 36.9 Å². The third-order valence-corrected chi connectivity index (χ3v) is 7.36. The van der Waals surface area contributed by atoms with E-state index in [1.54, 1.807) is 0 Å². The first-order valence-corrected chi connectivity index (χ1v) is 15.4. The van der Waals surface area contributed by atoms with Gasteiger partial charge in [-0.05, 0) is 49.4 Å². The van der Waals surface area contributed by atoms with Crippen LogP contribution in [0.3, 0.4) is 0 Å². The monoisotopic (exact) mass is 622 g/mol. The van der Waals surface area contributed by atoms with E-state index < -0.39 is 0 Å². The Kier molecular flexibility index (Phi) is 12.0. The molecule has 1 aromatic heterocycles. The molecule has 0 bridgehead atoms. The Balaban J connectivity index is 1.17. The highest BCUT2D eigenvalue weighted by Crippen LogP contribution is 2.35. The molecule has 2 heterocycles. The minimum Gasteiger partial charge on any atom is -0.454 e. The summed E-state index contributed by atoms with van der Waals surface area (Å²) in [4.78, 5) is 26.2. The largest absolute Gasteiger partial charge is 0.454 e. The van der Waals surface area contributed by atoms with E-state index in [-0.39, 0.29) is 31.3 Å². The van der Waals surface area contributed by atoms with Crippen molar-refractivity contribution in [3.05, 3.63) is 53.6 Å². The number of carbonyl (C=O) groups excluding carboxylic acids is 1. The number of ether oxygens (including phenoxy) is 4. The molecule has 1 aliphatic heterocycles. The van der Waals surface area contributed by atoms with Crippen molar-refractivity contribution in [2.45, 2.75) is 50.8 Å². The summed E-state index contributed by atoms with van der Waals surface area (Å²) in [6, 6.07) is 13.4. The first-order chi connectivity index (χ1) is 22.1. The number of nitrogens with two attached hydrogens (primary N) is 1. The normalized spacial score (nSPS) is 17.1. The van der Waals surface area contributed by atoms with E-state index in [0.29, 0.717) is 75.4 Å². The molecule has 14 nitrogen and oxygen atoms in total. The van der Waals surface area contributed by atoms with E-state index in [4.69, 9.17) is 24.7 Å². The van der Waals surface area contributed by atoms with Gasteiger partial charge in [-0.2, -0.15) is 15.0 Å². The van der Waals surface area contributed by atoms with Crippen molar-refractivity contribution in [1.29, 1.82) is 0 Å². The average Bonchev–Trinajstić information content (AvgIpc) is 3.53. The third kappa shape index (κ3) is 10.1. The Morgan fingerprint density at radius 1 is 0.911 bits per heavy atom. The van der Waals surface area contributed by atoms with Gasteiger partial charge in [0.05, 0.1) is 39.0 Å². The molecular formula is C31H42N8O6. The Bertz CT molecular complexity index is 1370. The Hall–Kier alpha value is -4.24. The van der Waals surface area contributed by atoms with Crippen LogP contribution < -0.4 is 36.5 Å². The quantitative estimate of drug-likeness (QED) is 0.121. The van der Waals surface area contributed by atoms with Gasteiger partial charge in [0.15, 0.2) is 11.5 Å². The maximum atomic E-state index is 12.4. The van der Waals surface area contributed by atoms with Crippen LogP contribution in [0.25, 0.3) is 0 Å². The minimum atomic E-state index is -0.255. The second-order valence-electron chi connectivity index (χ2n) is 10.8. The summed E-state index contributed by atoms with van der Waals surface area (Å²) in [5, 5.41) is 22.7. The molecule has 7 N–H and O–H groups in total. The Morgan fingerprint density at radius 2 is 1.67 bits per heavy atom. The van der Waals surface area contributed by atoms with Crippen molar-refractivity contribution in [2.24, 2.45) is 5.73 Å². The molecule has 1 amide bonds. The van der Waals surface area contributed by atoms with E-state index in [2.05, 4.69) is 36.2 Å². The molecule has 0 unspecified atom stereocenters. The zero-order valence-electron chi connectivity index (χ0n) is 25.3. The van der Waals surface area contributed by atoms with Gasteiger partial charge in [-0.1, -0.05) is 24.3 Å². The summed E-state index contributed by atoms with van der Waals surface area (Å²) in [5.41, 5.74) is 7.93. The number of hydrogen-bond donors (Lipinski definition) is 6. The summed E-state index contributed by atoms with van der Waals surface area (Å²) >= 11 is 0. The number of anilines is 4. The van der Waals surface area contributed by atoms with Crippen LogP contribution in [0.15, 0.2) is 42.5 Å². The highest BCUT2D eigenvalue weighted by atomic mass is 16.7. The molecule has 242 valence electrons. The van der Waals surface area contributed by atoms with Gasteiger partial charge in [-0.15, -0.1) is 0 Å². The van der Waals surface area contributed by atoms with Gasteiger partial charge < -0.3 is 51.1 Å². The molecule has 0 radical (unpaired) electrons. The molecule has 1 fully saturated rings. The second-order valence-corrected chi connectivity index (χ2v) is 10.8. The molecular weight excluding hydrogens is 580 g/mol. The Morgan fingerprint density at radius 3 is 2.47 bits per heavy atom. The number of hydrogen-bond acceptors (Lipinski definition) is 13. The van der Waals surface area contributed by atoms with E-state index >= 15 is 0 Å². The molecule has 14 heteroatoms. The van der Waals surface area contributed by atoms with Crippen LogP contribution in [0.4, 0.5) is 23.5 Å². The van der Waals surface area contributed by atoms with Crippen LogP contribution >= 0.6 is 0 Å². The summed E-state index contributed by atoms with van der Waals surface area (Å²) in [6.45, 7) is 3.41. The predicted molar refractivity (Wildman–Crippen MR) is 169 cm³/mol. The smallest absolute Gasteiger partial charge is 0.233 e.